The molecule has 0 saturated carbocycles. The first-order chi connectivity index (χ1) is 41.5. The van der Waals surface area contributed by atoms with Gasteiger partial charge in [0.15, 0.2) is 0 Å². The first-order valence-electron chi connectivity index (χ1n) is 29.0. The van der Waals surface area contributed by atoms with Crippen LogP contribution in [0.4, 0.5) is 17.1 Å². The Labute approximate surface area is 489 Å². The third kappa shape index (κ3) is 6.99. The molecule has 1 unspecified atom stereocenters. The lowest BCUT2D eigenvalue weighted by molar-refractivity contribution is 0.436. The van der Waals surface area contributed by atoms with Gasteiger partial charge in [-0.2, -0.15) is 0 Å². The molecule has 0 N–H and O–H groups in total. The van der Waals surface area contributed by atoms with Crippen molar-refractivity contribution in [3.05, 3.63) is 353 Å². The second-order valence-electron chi connectivity index (χ2n) is 22.7. The molecule has 3 heteroatoms. The van der Waals surface area contributed by atoms with E-state index >= 15 is 0 Å². The number of hydrogen-bond acceptors (Lipinski definition) is 3. The molecule has 2 aliphatic heterocycles. The van der Waals surface area contributed by atoms with Gasteiger partial charge in [0.05, 0.1) is 10.8 Å². The number of para-hydroxylation sites is 3. The zero-order chi connectivity index (χ0) is 55.5. The number of nitrogens with zero attached hydrogens (tertiary/aromatic N) is 1. The van der Waals surface area contributed by atoms with Gasteiger partial charge < -0.3 is 14.4 Å². The molecule has 3 nitrogen and oxygen atoms in total. The molecule has 394 valence electrons. The number of fused-ring (bicyclic) bond motifs is 18. The number of ether oxygens (including phenoxy) is 2. The van der Waals surface area contributed by atoms with E-state index in [0.717, 1.165) is 79.0 Å². The van der Waals surface area contributed by atoms with Gasteiger partial charge in [0.25, 0.3) is 0 Å². The van der Waals surface area contributed by atoms with E-state index in [9.17, 15) is 0 Å². The molecule has 13 aromatic rings. The summed E-state index contributed by atoms with van der Waals surface area (Å²) in [5.41, 5.74) is 27.4. The summed E-state index contributed by atoms with van der Waals surface area (Å²) in [5, 5.41) is 0. The fourth-order valence-corrected chi connectivity index (χ4v) is 14.7. The fraction of sp³-hybridized carbons (Fsp3) is 0.0370. The van der Waals surface area contributed by atoms with Gasteiger partial charge in [-0.05, 0) is 168 Å². The standard InChI is InChI=1S/C81H53NO2/c1-52-33-47-73-78(49-52)84-77-32-14-11-28-72(77)81(73)68-25-8-6-22-65(68)79-63(23-16-29-74(79)81)57-40-45-61(46-41-57)82(60-43-38-56(39-44-60)55-36-34-54(35-37-55)53-17-3-2-4-18-53)62-20-15-19-58(50-62)59-42-48-69-66(51-59)64-21-5-7-24-67(64)80(69)70-26-9-12-30-75(70)83-76-31-13-10-27-71(76)80/h2-51H,1H3. The highest BCUT2D eigenvalue weighted by Gasteiger charge is 2.53. The van der Waals surface area contributed by atoms with Crippen molar-refractivity contribution < 1.29 is 9.47 Å². The summed E-state index contributed by atoms with van der Waals surface area (Å²) < 4.78 is 13.4. The maximum atomic E-state index is 6.74. The molecule has 2 spiro atoms. The average Bonchev–Trinajstić information content (AvgIpc) is 1.67. The second-order valence-corrected chi connectivity index (χ2v) is 22.7. The first-order valence-corrected chi connectivity index (χ1v) is 29.0. The van der Waals surface area contributed by atoms with Crippen LogP contribution in [-0.2, 0) is 10.8 Å². The van der Waals surface area contributed by atoms with Gasteiger partial charge in [0, 0.05) is 39.3 Å². The van der Waals surface area contributed by atoms with Gasteiger partial charge in [0.2, 0.25) is 0 Å². The summed E-state index contributed by atoms with van der Waals surface area (Å²) in [6.07, 6.45) is 0. The minimum atomic E-state index is -0.553. The lowest BCUT2D eigenvalue weighted by Gasteiger charge is -2.39. The Morgan fingerprint density at radius 2 is 0.643 bits per heavy atom. The molecule has 2 aliphatic carbocycles. The molecule has 0 radical (unpaired) electrons. The molecule has 0 saturated heterocycles. The summed E-state index contributed by atoms with van der Waals surface area (Å²) >= 11 is 0. The van der Waals surface area contributed by atoms with Gasteiger partial charge in [0.1, 0.15) is 23.0 Å². The average molecular weight is 1070 g/mol. The quantitative estimate of drug-likeness (QED) is 0.159. The highest BCUT2D eigenvalue weighted by molar-refractivity contribution is 5.97. The van der Waals surface area contributed by atoms with Crippen LogP contribution in [0.25, 0.3) is 66.8 Å². The van der Waals surface area contributed by atoms with Crippen LogP contribution in [0.1, 0.15) is 50.1 Å². The Morgan fingerprint density at radius 1 is 0.238 bits per heavy atom. The van der Waals surface area contributed by atoms with Crippen molar-refractivity contribution in [2.24, 2.45) is 0 Å². The zero-order valence-electron chi connectivity index (χ0n) is 46.1. The molecule has 0 amide bonds. The Hall–Kier alpha value is -10.7. The van der Waals surface area contributed by atoms with Gasteiger partial charge in [-0.25, -0.2) is 0 Å². The van der Waals surface area contributed by atoms with Crippen molar-refractivity contribution in [1.29, 1.82) is 0 Å². The van der Waals surface area contributed by atoms with Crippen LogP contribution in [0.15, 0.2) is 303 Å². The Bertz CT molecular complexity index is 4740. The van der Waals surface area contributed by atoms with Gasteiger partial charge in [-0.15, -0.1) is 0 Å². The van der Waals surface area contributed by atoms with Crippen LogP contribution in [0.3, 0.4) is 0 Å². The van der Waals surface area contributed by atoms with Gasteiger partial charge >= 0.3 is 0 Å². The Morgan fingerprint density at radius 3 is 1.29 bits per heavy atom. The SMILES string of the molecule is Cc1ccc2c(c1)Oc1ccccc1C21c2ccccc2-c2c(-c3ccc(N(c4ccc(-c5ccc(-c6ccccc6)cc5)cc4)c4cccc(-c5ccc6c(c5)-c5ccccc5C65c6ccccc6Oc6ccccc65)c4)cc3)cccc21. The van der Waals surface area contributed by atoms with Crippen LogP contribution in [-0.4, -0.2) is 0 Å². The topological polar surface area (TPSA) is 21.7 Å². The highest BCUT2D eigenvalue weighted by atomic mass is 16.5. The summed E-state index contributed by atoms with van der Waals surface area (Å²) in [6.45, 7) is 2.14. The van der Waals surface area contributed by atoms with Crippen molar-refractivity contribution in [3.8, 4) is 89.8 Å². The maximum Gasteiger partial charge on any atom is 0.132 e. The van der Waals surface area contributed by atoms with E-state index in [2.05, 4.69) is 315 Å². The van der Waals surface area contributed by atoms with Crippen LogP contribution in [0, 0.1) is 6.92 Å². The van der Waals surface area contributed by atoms with E-state index < -0.39 is 10.8 Å². The van der Waals surface area contributed by atoms with Crippen molar-refractivity contribution in [1.82, 2.24) is 0 Å². The van der Waals surface area contributed by atoms with Crippen LogP contribution in [0.5, 0.6) is 23.0 Å². The predicted octanol–water partition coefficient (Wildman–Crippen LogP) is 21.1. The largest absolute Gasteiger partial charge is 0.457 e. The fourth-order valence-electron chi connectivity index (χ4n) is 14.7. The van der Waals surface area contributed by atoms with Crippen molar-refractivity contribution in [2.75, 3.05) is 4.90 Å². The third-order valence-corrected chi connectivity index (χ3v) is 18.3. The van der Waals surface area contributed by atoms with Crippen LogP contribution >= 0.6 is 0 Å². The summed E-state index contributed by atoms with van der Waals surface area (Å²) in [6, 6.07) is 111. The molecule has 4 aliphatic rings. The van der Waals surface area contributed by atoms with E-state index in [-0.39, 0.29) is 0 Å². The molecule has 0 bridgehead atoms. The predicted molar refractivity (Wildman–Crippen MR) is 342 cm³/mol. The van der Waals surface area contributed by atoms with Crippen LogP contribution in [0.2, 0.25) is 0 Å². The summed E-state index contributed by atoms with van der Waals surface area (Å²) in [7, 11) is 0. The molecule has 1 atom stereocenters. The minimum absolute atomic E-state index is 0.525. The Balaban J connectivity index is 0.790. The molecular weight excluding hydrogens is 1020 g/mol. The molecule has 2 heterocycles. The lowest BCUT2D eigenvalue weighted by Crippen LogP contribution is -2.32. The Kier molecular flexibility index (Phi) is 10.7. The van der Waals surface area contributed by atoms with E-state index in [0.29, 0.717) is 0 Å². The summed E-state index contributed by atoms with van der Waals surface area (Å²) in [5.74, 6) is 3.60. The number of rotatable bonds is 7. The zero-order valence-corrected chi connectivity index (χ0v) is 46.1. The van der Waals surface area contributed by atoms with E-state index in [1.54, 1.807) is 0 Å². The molecule has 17 rings (SSSR count). The van der Waals surface area contributed by atoms with Crippen LogP contribution < -0.4 is 14.4 Å². The number of benzene rings is 13. The summed E-state index contributed by atoms with van der Waals surface area (Å²) in [4.78, 5) is 2.40. The normalized spacial score (nSPS) is 14.8. The van der Waals surface area contributed by atoms with E-state index in [1.165, 1.54) is 77.9 Å². The smallest absolute Gasteiger partial charge is 0.132 e. The monoisotopic (exact) mass is 1070 g/mol. The molecule has 13 aromatic carbocycles. The number of aryl methyl sites for hydroxylation is 1. The van der Waals surface area contributed by atoms with Gasteiger partial charge in [-0.1, -0.05) is 237 Å². The lowest BCUT2D eigenvalue weighted by atomic mass is 9.66. The number of anilines is 3. The van der Waals surface area contributed by atoms with Crippen molar-refractivity contribution in [2.45, 2.75) is 17.8 Å². The maximum absolute atomic E-state index is 6.74. The second kappa shape index (κ2) is 18.7. The van der Waals surface area contributed by atoms with Crippen molar-refractivity contribution in [3.63, 3.8) is 0 Å². The van der Waals surface area contributed by atoms with Crippen molar-refractivity contribution >= 4 is 17.1 Å². The molecule has 0 fully saturated rings. The minimum Gasteiger partial charge on any atom is -0.457 e. The molecule has 0 aromatic heterocycles. The molecular formula is C81H53NO2. The van der Waals surface area contributed by atoms with Gasteiger partial charge in [-0.3, -0.25) is 0 Å². The third-order valence-electron chi connectivity index (χ3n) is 18.3. The van der Waals surface area contributed by atoms with E-state index in [1.807, 2.05) is 0 Å². The molecule has 84 heavy (non-hydrogen) atoms. The first kappa shape index (κ1) is 48.0. The number of hydrogen-bond donors (Lipinski definition) is 0. The van der Waals surface area contributed by atoms with E-state index in [4.69, 9.17) is 9.47 Å². The highest BCUT2D eigenvalue weighted by Crippen LogP contribution is 2.65.